The van der Waals surface area contributed by atoms with Gasteiger partial charge in [-0.05, 0) is 0 Å². The first-order valence-electron chi connectivity index (χ1n) is 10.6. The number of hydrogen-bond donors (Lipinski definition) is 0. The first-order chi connectivity index (χ1) is 10.6. The second-order valence-corrected chi connectivity index (χ2v) is 6.05. The number of rotatable bonds is 16. The molecule has 0 N–H and O–H groups in total. The molecule has 0 aliphatic rings. The molecule has 0 spiro atoms. The lowest BCUT2D eigenvalue weighted by Crippen LogP contribution is -1.83. The highest BCUT2D eigenvalue weighted by molar-refractivity contribution is 4.49. The molecule has 0 aromatic heterocycles. The molecule has 0 atom stereocenters. The fraction of sp³-hybridized carbons (Fsp3) is 1.00. The van der Waals surface area contributed by atoms with E-state index in [1.807, 2.05) is 0 Å². The zero-order chi connectivity index (χ0) is 16.5. The third kappa shape index (κ3) is 18.0. The van der Waals surface area contributed by atoms with E-state index in [1.165, 1.54) is 89.9 Å². The summed E-state index contributed by atoms with van der Waals surface area (Å²) in [7, 11) is 0. The van der Waals surface area contributed by atoms with E-state index in [2.05, 4.69) is 6.92 Å². The first-order valence-corrected chi connectivity index (χ1v) is 9.06. The summed E-state index contributed by atoms with van der Waals surface area (Å²) in [4.78, 5) is 0. The van der Waals surface area contributed by atoms with Gasteiger partial charge in [-0.25, -0.2) is 0 Å². The summed E-state index contributed by atoms with van der Waals surface area (Å²) in [5.41, 5.74) is 0. The van der Waals surface area contributed by atoms with Crippen LogP contribution in [-0.2, 0) is 0 Å². The van der Waals surface area contributed by atoms with Crippen LogP contribution in [0.3, 0.4) is 0 Å². The molecule has 0 aromatic carbocycles. The maximum Gasteiger partial charge on any atom is 0.0230 e. The molecule has 0 nitrogen and oxygen atoms in total. The van der Waals surface area contributed by atoms with Crippen molar-refractivity contribution in [1.29, 1.82) is 0 Å². The molecule has 0 heterocycles. The molecule has 0 radical (unpaired) electrons. The molecule has 0 aromatic rings. The van der Waals surface area contributed by atoms with Crippen molar-refractivity contribution in [2.75, 3.05) is 0 Å². The third-order valence-electron chi connectivity index (χ3n) is 4.03. The number of hydrogen-bond acceptors (Lipinski definition) is 0. The second kappa shape index (κ2) is 18.0. The monoisotopic (exact) mass is 271 g/mol. The van der Waals surface area contributed by atoms with E-state index in [0.717, 1.165) is 12.8 Å². The van der Waals surface area contributed by atoms with E-state index in [0.29, 0.717) is 6.42 Å². The predicted molar refractivity (Wildman–Crippen MR) is 89.8 cm³/mol. The van der Waals surface area contributed by atoms with Gasteiger partial charge in [-0.2, -0.15) is 0 Å². The van der Waals surface area contributed by atoms with Crippen LogP contribution < -0.4 is 0 Å². The van der Waals surface area contributed by atoms with Gasteiger partial charge < -0.3 is 0 Å². The van der Waals surface area contributed by atoms with Gasteiger partial charge in [0.1, 0.15) is 0 Å². The van der Waals surface area contributed by atoms with Crippen molar-refractivity contribution in [2.24, 2.45) is 0 Å². The van der Waals surface area contributed by atoms with E-state index in [1.54, 1.807) is 0 Å². The largest absolute Gasteiger partial charge is 0.0654 e. The fourth-order valence-electron chi connectivity index (χ4n) is 2.67. The zero-order valence-corrected chi connectivity index (χ0v) is 13.5. The molecule has 0 amide bonds. The zero-order valence-electron chi connectivity index (χ0n) is 16.5. The molecular weight excluding hydrogens is 228 g/mol. The quantitative estimate of drug-likeness (QED) is 0.253. The van der Waals surface area contributed by atoms with Gasteiger partial charge in [-0.3, -0.25) is 0 Å². The van der Waals surface area contributed by atoms with Gasteiger partial charge in [0.15, 0.2) is 0 Å². The Bertz CT molecular complexity index is 211. The summed E-state index contributed by atoms with van der Waals surface area (Å²) in [6.07, 6.45) is 21.7. The Kier molecular flexibility index (Phi) is 13.2. The van der Waals surface area contributed by atoms with Gasteiger partial charge in [-0.15, -0.1) is 0 Å². The third-order valence-corrected chi connectivity index (χ3v) is 4.03. The average molecular weight is 272 g/mol. The van der Waals surface area contributed by atoms with Gasteiger partial charge in [0.25, 0.3) is 0 Å². The maximum absolute atomic E-state index is 7.15. The lowest BCUT2D eigenvalue weighted by atomic mass is 10.0. The highest BCUT2D eigenvalue weighted by Gasteiger charge is 1.94. The van der Waals surface area contributed by atoms with Gasteiger partial charge in [0, 0.05) is 4.11 Å². The normalized spacial score (nSPS) is 14.1. The minimum absolute atomic E-state index is 0.394. The van der Waals surface area contributed by atoms with Crippen LogP contribution in [0.2, 0.25) is 0 Å². The Morgan fingerprint density at radius 3 is 0.947 bits per heavy atom. The minimum atomic E-state index is -1.71. The summed E-state index contributed by atoms with van der Waals surface area (Å²) in [6, 6.07) is 0. The summed E-state index contributed by atoms with van der Waals surface area (Å²) in [5.74, 6) is 0. The van der Waals surface area contributed by atoms with Gasteiger partial charge >= 0.3 is 0 Å². The van der Waals surface area contributed by atoms with E-state index in [4.69, 9.17) is 4.11 Å². The van der Waals surface area contributed by atoms with E-state index in [-0.39, 0.29) is 0 Å². The summed E-state index contributed by atoms with van der Waals surface area (Å²) >= 11 is 0. The van der Waals surface area contributed by atoms with Crippen molar-refractivity contribution in [3.63, 3.8) is 0 Å². The summed E-state index contributed by atoms with van der Waals surface area (Å²) in [6.45, 7) is 0.563. The van der Waals surface area contributed by atoms with E-state index >= 15 is 0 Å². The molecule has 0 aliphatic heterocycles. The Morgan fingerprint density at radius 1 is 0.421 bits per heavy atom. The molecule has 0 bridgehead atoms. The Labute approximate surface area is 128 Å². The van der Waals surface area contributed by atoms with Gasteiger partial charge in [0.05, 0.1) is 0 Å². The van der Waals surface area contributed by atoms with Crippen LogP contribution in [0.25, 0.3) is 0 Å². The molecule has 0 rings (SSSR count). The smallest absolute Gasteiger partial charge is 0.0230 e. The predicted octanol–water partition coefficient (Wildman–Crippen LogP) is 7.66. The van der Waals surface area contributed by atoms with Crippen LogP contribution in [-0.4, -0.2) is 0 Å². The molecule has 0 aliphatic carbocycles. The Hall–Kier alpha value is 0. The number of unbranched alkanes of at least 4 members (excludes halogenated alkanes) is 15. The lowest BCUT2D eigenvalue weighted by molar-refractivity contribution is 0.529. The maximum atomic E-state index is 7.15. The highest BCUT2D eigenvalue weighted by Crippen LogP contribution is 2.13. The highest BCUT2D eigenvalue weighted by atomic mass is 14.0. The van der Waals surface area contributed by atoms with Crippen molar-refractivity contribution in [3.05, 3.63) is 0 Å². The van der Waals surface area contributed by atoms with Crippen LogP contribution in [0.15, 0.2) is 0 Å². The first kappa shape index (κ1) is 14.0. The molecule has 0 fully saturated rings. The van der Waals surface area contributed by atoms with Crippen molar-refractivity contribution in [1.82, 2.24) is 0 Å². The molecule has 0 unspecified atom stereocenters. The van der Waals surface area contributed by atoms with Crippen molar-refractivity contribution in [2.45, 2.75) is 123 Å². The van der Waals surface area contributed by atoms with Crippen LogP contribution in [0.1, 0.15) is 127 Å². The summed E-state index contributed by atoms with van der Waals surface area (Å²) in [5, 5.41) is 0. The summed E-state index contributed by atoms with van der Waals surface area (Å²) < 4.78 is 21.4. The molecule has 19 heavy (non-hydrogen) atoms. The van der Waals surface area contributed by atoms with Crippen LogP contribution >= 0.6 is 0 Å². The topological polar surface area (TPSA) is 0 Å². The standard InChI is InChI=1S/C19H40/c1-3-5-7-9-11-13-15-17-19-18-16-14-12-10-8-6-4-2/h3-19H2,1-2H3/i1D3. The van der Waals surface area contributed by atoms with Gasteiger partial charge in [0.2, 0.25) is 0 Å². The molecule has 0 saturated heterocycles. The molecule has 0 heteroatoms. The second-order valence-electron chi connectivity index (χ2n) is 6.05. The van der Waals surface area contributed by atoms with E-state index in [9.17, 15) is 0 Å². The van der Waals surface area contributed by atoms with E-state index < -0.39 is 6.85 Å². The molecule has 0 saturated carbocycles. The van der Waals surface area contributed by atoms with Crippen LogP contribution in [0.5, 0.6) is 0 Å². The van der Waals surface area contributed by atoms with Crippen LogP contribution in [0, 0.1) is 0 Å². The minimum Gasteiger partial charge on any atom is -0.0654 e. The SMILES string of the molecule is [2H]C([2H])([2H])CCCCCCCCCCCCCCCCCC. The van der Waals surface area contributed by atoms with Crippen molar-refractivity contribution < 1.29 is 4.11 Å². The van der Waals surface area contributed by atoms with Crippen LogP contribution in [0.4, 0.5) is 0 Å². The Morgan fingerprint density at radius 2 is 0.684 bits per heavy atom. The molecule has 116 valence electrons. The van der Waals surface area contributed by atoms with Crippen molar-refractivity contribution >= 4 is 0 Å². The van der Waals surface area contributed by atoms with Gasteiger partial charge in [-0.1, -0.05) is 123 Å². The average Bonchev–Trinajstić information content (AvgIpc) is 2.45. The lowest BCUT2D eigenvalue weighted by Gasteiger charge is -2.03. The Balaban J connectivity index is 3.00. The fourth-order valence-corrected chi connectivity index (χ4v) is 2.67. The van der Waals surface area contributed by atoms with Crippen molar-refractivity contribution in [3.8, 4) is 0 Å². The molecular formula is C19H40.